The maximum Gasteiger partial charge on any atom is 0.239 e. The van der Waals surface area contributed by atoms with E-state index in [0.717, 1.165) is 38.3 Å². The molecular weight excluding hydrogens is 250 g/mol. The van der Waals surface area contributed by atoms with Crippen molar-refractivity contribution in [1.29, 1.82) is 0 Å². The molecule has 3 aliphatic rings. The monoisotopic (exact) mass is 279 g/mol. The van der Waals surface area contributed by atoms with Gasteiger partial charge in [0.2, 0.25) is 5.91 Å². The standard InChI is InChI=1S/C16H29N3O/c1-11(17)12-6-8-19(9-7-12)16(20)15-10-13-4-2-3-5-14(13)18-15/h11-15,18H,2-10,17H2,1H3. The van der Waals surface area contributed by atoms with Crippen molar-refractivity contribution in [2.75, 3.05) is 13.1 Å². The van der Waals surface area contributed by atoms with Gasteiger partial charge >= 0.3 is 0 Å². The van der Waals surface area contributed by atoms with E-state index >= 15 is 0 Å². The van der Waals surface area contributed by atoms with Crippen LogP contribution in [0.5, 0.6) is 0 Å². The van der Waals surface area contributed by atoms with Crippen LogP contribution in [0.15, 0.2) is 0 Å². The Balaban J connectivity index is 1.52. The Morgan fingerprint density at radius 1 is 1.20 bits per heavy atom. The normalized spacial score (nSPS) is 36.7. The lowest BCUT2D eigenvalue weighted by molar-refractivity contribution is -0.134. The molecule has 0 bridgehead atoms. The molecule has 3 rings (SSSR count). The van der Waals surface area contributed by atoms with Gasteiger partial charge in [-0.15, -0.1) is 0 Å². The molecule has 2 heterocycles. The van der Waals surface area contributed by atoms with Crippen LogP contribution < -0.4 is 11.1 Å². The third kappa shape index (κ3) is 2.86. The van der Waals surface area contributed by atoms with Crippen molar-refractivity contribution < 1.29 is 4.79 Å². The number of rotatable bonds is 2. The van der Waals surface area contributed by atoms with Crippen molar-refractivity contribution in [2.45, 2.75) is 70.0 Å². The smallest absolute Gasteiger partial charge is 0.239 e. The average molecular weight is 279 g/mol. The van der Waals surface area contributed by atoms with Crippen LogP contribution in [0.2, 0.25) is 0 Å². The molecule has 2 aliphatic heterocycles. The molecule has 114 valence electrons. The van der Waals surface area contributed by atoms with Crippen molar-refractivity contribution in [3.63, 3.8) is 0 Å². The minimum absolute atomic E-state index is 0.0925. The van der Waals surface area contributed by atoms with E-state index in [4.69, 9.17) is 5.73 Å². The van der Waals surface area contributed by atoms with Gasteiger partial charge in [0.1, 0.15) is 0 Å². The summed E-state index contributed by atoms with van der Waals surface area (Å²) >= 11 is 0. The number of nitrogens with one attached hydrogen (secondary N) is 1. The van der Waals surface area contributed by atoms with Gasteiger partial charge in [-0.25, -0.2) is 0 Å². The van der Waals surface area contributed by atoms with Crippen LogP contribution in [0.4, 0.5) is 0 Å². The molecule has 4 atom stereocenters. The van der Waals surface area contributed by atoms with Gasteiger partial charge in [0, 0.05) is 25.2 Å². The molecule has 1 aliphatic carbocycles. The van der Waals surface area contributed by atoms with Crippen LogP contribution in [0.3, 0.4) is 0 Å². The molecule has 2 saturated heterocycles. The molecule has 1 saturated carbocycles. The third-order valence-corrected chi connectivity index (χ3v) is 5.76. The van der Waals surface area contributed by atoms with Gasteiger partial charge in [0.05, 0.1) is 6.04 Å². The summed E-state index contributed by atoms with van der Waals surface area (Å²) in [5.41, 5.74) is 5.97. The topological polar surface area (TPSA) is 58.4 Å². The quantitative estimate of drug-likeness (QED) is 0.805. The summed E-state index contributed by atoms with van der Waals surface area (Å²) in [5, 5.41) is 3.61. The van der Waals surface area contributed by atoms with Gasteiger partial charge in [0.15, 0.2) is 0 Å². The third-order valence-electron chi connectivity index (χ3n) is 5.76. The lowest BCUT2D eigenvalue weighted by atomic mass is 9.85. The van der Waals surface area contributed by atoms with Crippen LogP contribution in [0.1, 0.15) is 51.9 Å². The number of amides is 1. The average Bonchev–Trinajstić information content (AvgIpc) is 2.90. The molecule has 20 heavy (non-hydrogen) atoms. The largest absolute Gasteiger partial charge is 0.341 e. The van der Waals surface area contributed by atoms with E-state index in [0.29, 0.717) is 17.9 Å². The maximum atomic E-state index is 12.7. The minimum Gasteiger partial charge on any atom is -0.341 e. The summed E-state index contributed by atoms with van der Waals surface area (Å²) < 4.78 is 0. The first kappa shape index (κ1) is 14.3. The number of carbonyl (C=O) groups excluding carboxylic acids is 1. The lowest BCUT2D eigenvalue weighted by Gasteiger charge is -2.35. The zero-order chi connectivity index (χ0) is 14.1. The highest BCUT2D eigenvalue weighted by Gasteiger charge is 2.40. The highest BCUT2D eigenvalue weighted by molar-refractivity contribution is 5.82. The maximum absolute atomic E-state index is 12.7. The van der Waals surface area contributed by atoms with E-state index in [9.17, 15) is 4.79 Å². The van der Waals surface area contributed by atoms with Crippen LogP contribution in [0, 0.1) is 11.8 Å². The fourth-order valence-corrected chi connectivity index (χ4v) is 4.38. The van der Waals surface area contributed by atoms with E-state index in [2.05, 4.69) is 17.1 Å². The molecule has 4 unspecified atom stereocenters. The summed E-state index contributed by atoms with van der Waals surface area (Å²) in [4.78, 5) is 14.7. The molecule has 0 aromatic heterocycles. The zero-order valence-corrected chi connectivity index (χ0v) is 12.7. The van der Waals surface area contributed by atoms with Gasteiger partial charge in [-0.3, -0.25) is 4.79 Å². The van der Waals surface area contributed by atoms with E-state index in [1.807, 2.05) is 0 Å². The highest BCUT2D eigenvalue weighted by atomic mass is 16.2. The van der Waals surface area contributed by atoms with Crippen LogP contribution in [-0.2, 0) is 4.79 Å². The van der Waals surface area contributed by atoms with Crippen LogP contribution in [0.25, 0.3) is 0 Å². The number of nitrogens with zero attached hydrogens (tertiary/aromatic N) is 1. The van der Waals surface area contributed by atoms with Gasteiger partial charge in [0.25, 0.3) is 0 Å². The van der Waals surface area contributed by atoms with E-state index in [1.54, 1.807) is 0 Å². The fraction of sp³-hybridized carbons (Fsp3) is 0.938. The predicted molar refractivity (Wildman–Crippen MR) is 80.2 cm³/mol. The van der Waals surface area contributed by atoms with Crippen LogP contribution >= 0.6 is 0 Å². The second-order valence-corrected chi connectivity index (χ2v) is 7.13. The van der Waals surface area contributed by atoms with E-state index < -0.39 is 0 Å². The van der Waals surface area contributed by atoms with Crippen molar-refractivity contribution >= 4 is 5.91 Å². The molecular formula is C16H29N3O. The van der Waals surface area contributed by atoms with Gasteiger partial charge in [-0.1, -0.05) is 12.8 Å². The van der Waals surface area contributed by atoms with Crippen molar-refractivity contribution in [3.8, 4) is 0 Å². The second-order valence-electron chi connectivity index (χ2n) is 7.13. The molecule has 3 fully saturated rings. The van der Waals surface area contributed by atoms with Gasteiger partial charge < -0.3 is 16.0 Å². The Kier molecular flexibility index (Phi) is 4.32. The second kappa shape index (κ2) is 6.02. The molecule has 4 nitrogen and oxygen atoms in total. The van der Waals surface area contributed by atoms with E-state index in [1.165, 1.54) is 25.7 Å². The Labute approximate surface area is 122 Å². The van der Waals surface area contributed by atoms with Crippen molar-refractivity contribution in [2.24, 2.45) is 17.6 Å². The first-order valence-electron chi connectivity index (χ1n) is 8.45. The predicted octanol–water partition coefficient (Wildman–Crippen LogP) is 1.49. The van der Waals surface area contributed by atoms with Crippen LogP contribution in [-0.4, -0.2) is 42.0 Å². The lowest BCUT2D eigenvalue weighted by Crippen LogP contribution is -2.49. The Morgan fingerprint density at radius 3 is 2.55 bits per heavy atom. The Morgan fingerprint density at radius 2 is 1.90 bits per heavy atom. The fourth-order valence-electron chi connectivity index (χ4n) is 4.38. The summed E-state index contributed by atoms with van der Waals surface area (Å²) in [6.07, 6.45) is 8.47. The van der Waals surface area contributed by atoms with E-state index in [-0.39, 0.29) is 12.1 Å². The van der Waals surface area contributed by atoms with Crippen molar-refractivity contribution in [3.05, 3.63) is 0 Å². The molecule has 0 aromatic carbocycles. The highest BCUT2D eigenvalue weighted by Crippen LogP contribution is 2.34. The number of hydrogen-bond acceptors (Lipinski definition) is 3. The summed E-state index contributed by atoms with van der Waals surface area (Å²) in [5.74, 6) is 1.69. The summed E-state index contributed by atoms with van der Waals surface area (Å²) in [6.45, 7) is 3.89. The van der Waals surface area contributed by atoms with Gasteiger partial charge in [-0.05, 0) is 50.9 Å². The van der Waals surface area contributed by atoms with Gasteiger partial charge in [-0.2, -0.15) is 0 Å². The zero-order valence-electron chi connectivity index (χ0n) is 12.7. The first-order chi connectivity index (χ1) is 9.65. The number of hydrogen-bond donors (Lipinski definition) is 2. The molecule has 0 spiro atoms. The Bertz CT molecular complexity index is 336. The number of fused-ring (bicyclic) bond motifs is 1. The molecule has 0 aromatic rings. The first-order valence-corrected chi connectivity index (χ1v) is 8.45. The molecule has 4 heteroatoms. The summed E-state index contributed by atoms with van der Waals surface area (Å²) in [6, 6.07) is 0.967. The number of piperidine rings is 1. The molecule has 3 N–H and O–H groups in total. The SMILES string of the molecule is CC(N)C1CCN(C(=O)C2CC3CCCCC3N2)CC1. The molecule has 1 amide bonds. The number of carbonyl (C=O) groups is 1. The Hall–Kier alpha value is -0.610. The minimum atomic E-state index is 0.0925. The van der Waals surface area contributed by atoms with Crippen molar-refractivity contribution in [1.82, 2.24) is 10.2 Å². The number of nitrogens with two attached hydrogens (primary N) is 1. The summed E-state index contributed by atoms with van der Waals surface area (Å²) in [7, 11) is 0. The number of likely N-dealkylation sites (tertiary alicyclic amines) is 1. The molecule has 0 radical (unpaired) electrons.